The van der Waals surface area contributed by atoms with Crippen molar-refractivity contribution < 1.29 is 31.1 Å². The molecule has 1 aromatic carbocycles. The average Bonchev–Trinajstić information content (AvgIpc) is 3.05. The molecule has 0 spiro atoms. The van der Waals surface area contributed by atoms with Crippen molar-refractivity contribution >= 4 is 34.7 Å². The minimum absolute atomic E-state index is 0.0185. The number of aromatic nitrogens is 4. The van der Waals surface area contributed by atoms with Gasteiger partial charge in [0, 0.05) is 12.7 Å². The second kappa shape index (κ2) is 7.63. The van der Waals surface area contributed by atoms with Crippen molar-refractivity contribution in [2.24, 2.45) is 0 Å². The molecule has 14 heteroatoms. The number of anilines is 2. The van der Waals surface area contributed by atoms with E-state index in [4.69, 9.17) is 11.6 Å². The SMILES string of the molecule is CN(CC(=O)Nc1ccc(Cl)c(C(F)(F)F)c1)c1ccc2nnc(C(F)(F)F)n2n1. The zero-order valence-electron chi connectivity index (χ0n) is 14.9. The molecule has 2 aromatic heterocycles. The standard InChI is InChI=1S/C16H11ClF6N6O/c1-28(12-5-4-11-25-26-14(16(21,22)23)29(11)27-12)7-13(30)24-8-2-3-10(17)9(6-8)15(18,19)20/h2-6H,7H2,1H3,(H,24,30). The van der Waals surface area contributed by atoms with Crippen LogP contribution in [0.1, 0.15) is 11.4 Å². The second-order valence-electron chi connectivity index (χ2n) is 6.08. The quantitative estimate of drug-likeness (QED) is 0.608. The van der Waals surface area contributed by atoms with Crippen LogP contribution in [0.4, 0.5) is 37.8 Å². The lowest BCUT2D eigenvalue weighted by Gasteiger charge is -2.18. The predicted molar refractivity (Wildman–Crippen MR) is 94.1 cm³/mol. The summed E-state index contributed by atoms with van der Waals surface area (Å²) >= 11 is 5.52. The fraction of sp³-hybridized carbons (Fsp3) is 0.250. The van der Waals surface area contributed by atoms with Gasteiger partial charge < -0.3 is 10.2 Å². The zero-order valence-corrected chi connectivity index (χ0v) is 15.6. The van der Waals surface area contributed by atoms with E-state index in [1.165, 1.54) is 30.1 Å². The van der Waals surface area contributed by atoms with Crippen molar-refractivity contribution in [3.63, 3.8) is 0 Å². The number of benzene rings is 1. The van der Waals surface area contributed by atoms with Crippen LogP contribution in [0.3, 0.4) is 0 Å². The number of fused-ring (bicyclic) bond motifs is 1. The van der Waals surface area contributed by atoms with E-state index in [2.05, 4.69) is 20.6 Å². The molecule has 0 atom stereocenters. The number of likely N-dealkylation sites (N-methyl/N-ethyl adjacent to an activating group) is 1. The van der Waals surface area contributed by atoms with E-state index in [1.54, 1.807) is 0 Å². The molecule has 0 saturated carbocycles. The first-order valence-corrected chi connectivity index (χ1v) is 8.41. The van der Waals surface area contributed by atoms with Gasteiger partial charge in [-0.25, -0.2) is 0 Å². The largest absolute Gasteiger partial charge is 0.453 e. The number of hydrogen-bond donors (Lipinski definition) is 1. The van der Waals surface area contributed by atoms with Gasteiger partial charge in [0.25, 0.3) is 5.82 Å². The van der Waals surface area contributed by atoms with Crippen LogP contribution >= 0.6 is 11.6 Å². The maximum absolute atomic E-state index is 13.0. The third kappa shape index (κ3) is 4.56. The van der Waals surface area contributed by atoms with Crippen molar-refractivity contribution in [3.05, 3.63) is 46.7 Å². The van der Waals surface area contributed by atoms with E-state index >= 15 is 0 Å². The van der Waals surface area contributed by atoms with E-state index in [1.807, 2.05) is 0 Å². The van der Waals surface area contributed by atoms with E-state index < -0.39 is 41.2 Å². The molecule has 0 aliphatic heterocycles. The van der Waals surface area contributed by atoms with Crippen LogP contribution < -0.4 is 10.2 Å². The minimum atomic E-state index is -4.79. The number of nitrogens with one attached hydrogen (secondary N) is 1. The van der Waals surface area contributed by atoms with Crippen LogP contribution in [-0.2, 0) is 17.1 Å². The van der Waals surface area contributed by atoms with E-state index in [0.717, 1.165) is 6.07 Å². The number of rotatable bonds is 4. The van der Waals surface area contributed by atoms with Crippen molar-refractivity contribution in [1.82, 2.24) is 19.8 Å². The highest BCUT2D eigenvalue weighted by molar-refractivity contribution is 6.31. The number of alkyl halides is 6. The lowest BCUT2D eigenvalue weighted by Crippen LogP contribution is -2.31. The molecule has 3 aromatic rings. The number of carbonyl (C=O) groups excluding carboxylic acids is 1. The molecule has 0 fully saturated rings. The van der Waals surface area contributed by atoms with Gasteiger partial charge in [0.2, 0.25) is 5.91 Å². The summed E-state index contributed by atoms with van der Waals surface area (Å²) in [5, 5.41) is 11.9. The molecule has 0 aliphatic rings. The lowest BCUT2D eigenvalue weighted by atomic mass is 10.2. The summed E-state index contributed by atoms with van der Waals surface area (Å²) in [6.45, 7) is -0.411. The van der Waals surface area contributed by atoms with Gasteiger partial charge in [0.15, 0.2) is 5.65 Å². The van der Waals surface area contributed by atoms with Crippen LogP contribution in [-0.4, -0.2) is 39.3 Å². The normalized spacial score (nSPS) is 12.3. The van der Waals surface area contributed by atoms with Crippen LogP contribution in [0.5, 0.6) is 0 Å². The number of hydrogen-bond acceptors (Lipinski definition) is 5. The molecule has 1 N–H and O–H groups in total. The third-order valence-electron chi connectivity index (χ3n) is 3.83. The first-order valence-electron chi connectivity index (χ1n) is 8.03. The summed E-state index contributed by atoms with van der Waals surface area (Å²) in [6.07, 6.45) is -9.49. The van der Waals surface area contributed by atoms with Gasteiger partial charge in [-0.2, -0.15) is 30.9 Å². The minimum Gasteiger partial charge on any atom is -0.349 e. The fourth-order valence-corrected chi connectivity index (χ4v) is 2.70. The monoisotopic (exact) mass is 452 g/mol. The van der Waals surface area contributed by atoms with Crippen LogP contribution in [0.2, 0.25) is 5.02 Å². The summed E-state index contributed by atoms with van der Waals surface area (Å²) in [4.78, 5) is 13.4. The Morgan fingerprint density at radius 3 is 2.43 bits per heavy atom. The summed E-state index contributed by atoms with van der Waals surface area (Å²) in [5.41, 5.74) is -1.41. The third-order valence-corrected chi connectivity index (χ3v) is 4.16. The first kappa shape index (κ1) is 21.6. The van der Waals surface area contributed by atoms with Crippen molar-refractivity contribution in [2.75, 3.05) is 23.8 Å². The summed E-state index contributed by atoms with van der Waals surface area (Å²) in [5.74, 6) is -2.08. The van der Waals surface area contributed by atoms with Crippen molar-refractivity contribution in [3.8, 4) is 0 Å². The number of amides is 1. The maximum Gasteiger partial charge on any atom is 0.453 e. The molecular formula is C16H11ClF6N6O. The Labute approximate surface area is 169 Å². The highest BCUT2D eigenvalue weighted by Crippen LogP contribution is 2.36. The molecule has 0 unspecified atom stereocenters. The molecule has 3 rings (SSSR count). The Morgan fingerprint density at radius 2 is 1.80 bits per heavy atom. The average molecular weight is 453 g/mol. The van der Waals surface area contributed by atoms with Gasteiger partial charge in [0.05, 0.1) is 17.1 Å². The molecule has 0 bridgehead atoms. The molecule has 0 radical (unpaired) electrons. The Balaban J connectivity index is 1.76. The smallest absolute Gasteiger partial charge is 0.349 e. The molecule has 7 nitrogen and oxygen atoms in total. The number of nitrogens with zero attached hydrogens (tertiary/aromatic N) is 5. The molecule has 2 heterocycles. The fourth-order valence-electron chi connectivity index (χ4n) is 2.48. The van der Waals surface area contributed by atoms with Crippen LogP contribution in [0.15, 0.2) is 30.3 Å². The van der Waals surface area contributed by atoms with Gasteiger partial charge in [-0.1, -0.05) is 11.6 Å². The number of carbonyl (C=O) groups is 1. The molecule has 160 valence electrons. The van der Waals surface area contributed by atoms with Crippen LogP contribution in [0, 0.1) is 0 Å². The lowest BCUT2D eigenvalue weighted by molar-refractivity contribution is -0.146. The van der Waals surface area contributed by atoms with E-state index in [0.29, 0.717) is 10.6 Å². The Morgan fingerprint density at radius 1 is 1.10 bits per heavy atom. The maximum atomic E-state index is 13.0. The zero-order chi connectivity index (χ0) is 22.3. The molecule has 0 aliphatic carbocycles. The second-order valence-corrected chi connectivity index (χ2v) is 6.49. The molecule has 1 amide bonds. The molecule has 30 heavy (non-hydrogen) atoms. The van der Waals surface area contributed by atoms with Crippen molar-refractivity contribution in [1.29, 1.82) is 0 Å². The van der Waals surface area contributed by atoms with Crippen molar-refractivity contribution in [2.45, 2.75) is 12.4 Å². The summed E-state index contributed by atoms with van der Waals surface area (Å²) in [7, 11) is 1.37. The summed E-state index contributed by atoms with van der Waals surface area (Å²) < 4.78 is 78.1. The Kier molecular flexibility index (Phi) is 5.50. The Hall–Kier alpha value is -3.09. The summed E-state index contributed by atoms with van der Waals surface area (Å²) in [6, 6.07) is 5.41. The molecular weight excluding hydrogens is 442 g/mol. The van der Waals surface area contributed by atoms with Gasteiger partial charge in [0.1, 0.15) is 5.82 Å². The first-order chi connectivity index (χ1) is 13.9. The van der Waals surface area contributed by atoms with Crippen LogP contribution in [0.25, 0.3) is 5.65 Å². The van der Waals surface area contributed by atoms with Gasteiger partial charge in [-0.3, -0.25) is 4.79 Å². The van der Waals surface area contributed by atoms with Gasteiger partial charge in [-0.15, -0.1) is 15.3 Å². The highest BCUT2D eigenvalue weighted by Gasteiger charge is 2.38. The Bertz CT molecular complexity index is 1100. The van der Waals surface area contributed by atoms with Gasteiger partial charge >= 0.3 is 12.4 Å². The predicted octanol–water partition coefficient (Wildman–Crippen LogP) is 3.89. The topological polar surface area (TPSA) is 75.4 Å². The highest BCUT2D eigenvalue weighted by atomic mass is 35.5. The van der Waals surface area contributed by atoms with E-state index in [-0.39, 0.29) is 17.2 Å². The number of halogens is 7. The van der Waals surface area contributed by atoms with Gasteiger partial charge in [-0.05, 0) is 30.3 Å². The molecule has 0 saturated heterocycles. The van der Waals surface area contributed by atoms with E-state index in [9.17, 15) is 31.1 Å².